The lowest BCUT2D eigenvalue weighted by molar-refractivity contribution is 0.102. The molecule has 1 amide bonds. The van der Waals surface area contributed by atoms with Crippen LogP contribution >= 0.6 is 11.6 Å². The van der Waals surface area contributed by atoms with E-state index in [9.17, 15) is 13.2 Å². The molecule has 0 bridgehead atoms. The number of benzene rings is 3. The van der Waals surface area contributed by atoms with Crippen molar-refractivity contribution in [1.29, 1.82) is 0 Å². The minimum atomic E-state index is -3.87. The Labute approximate surface area is 163 Å². The van der Waals surface area contributed by atoms with Crippen LogP contribution in [0, 0.1) is 6.92 Å². The Hall–Kier alpha value is -2.83. The molecule has 0 spiro atoms. The average Bonchev–Trinajstić information content (AvgIpc) is 2.64. The van der Waals surface area contributed by atoms with Gasteiger partial charge in [-0.1, -0.05) is 48.0 Å². The van der Waals surface area contributed by atoms with E-state index in [1.165, 1.54) is 18.2 Å². The van der Waals surface area contributed by atoms with Crippen LogP contribution in [0.5, 0.6) is 0 Å². The van der Waals surface area contributed by atoms with Crippen LogP contribution in [0.2, 0.25) is 5.02 Å². The van der Waals surface area contributed by atoms with Gasteiger partial charge >= 0.3 is 0 Å². The number of anilines is 2. The molecular formula is C20H17ClN2O3S. The molecule has 0 saturated carbocycles. The normalized spacial score (nSPS) is 11.0. The maximum absolute atomic E-state index is 12.7. The molecule has 0 heterocycles. The molecule has 7 heteroatoms. The van der Waals surface area contributed by atoms with Crippen molar-refractivity contribution in [3.05, 3.63) is 88.9 Å². The molecule has 0 aliphatic rings. The molecule has 0 unspecified atom stereocenters. The molecule has 27 heavy (non-hydrogen) atoms. The highest BCUT2D eigenvalue weighted by Crippen LogP contribution is 2.24. The number of amides is 1. The summed E-state index contributed by atoms with van der Waals surface area (Å²) in [6.45, 7) is 1.80. The molecule has 3 aromatic rings. The Morgan fingerprint density at radius 1 is 0.926 bits per heavy atom. The van der Waals surface area contributed by atoms with E-state index < -0.39 is 15.9 Å². The van der Waals surface area contributed by atoms with E-state index in [1.54, 1.807) is 49.4 Å². The first-order valence-corrected chi connectivity index (χ1v) is 9.97. The number of aryl methyl sites for hydroxylation is 1. The van der Waals surface area contributed by atoms with Crippen LogP contribution in [0.1, 0.15) is 15.9 Å². The molecule has 0 aliphatic heterocycles. The lowest BCUT2D eigenvalue weighted by atomic mass is 10.2. The van der Waals surface area contributed by atoms with E-state index in [0.717, 1.165) is 5.56 Å². The first kappa shape index (κ1) is 18.9. The maximum Gasteiger partial charge on any atom is 0.261 e. The Morgan fingerprint density at radius 2 is 1.59 bits per heavy atom. The second kappa shape index (κ2) is 7.82. The quantitative estimate of drug-likeness (QED) is 0.651. The minimum absolute atomic E-state index is 0.0478. The Morgan fingerprint density at radius 3 is 2.30 bits per heavy atom. The molecule has 0 aliphatic carbocycles. The topological polar surface area (TPSA) is 75.3 Å². The van der Waals surface area contributed by atoms with E-state index >= 15 is 0 Å². The Balaban J connectivity index is 1.90. The van der Waals surface area contributed by atoms with E-state index in [0.29, 0.717) is 11.4 Å². The summed E-state index contributed by atoms with van der Waals surface area (Å²) in [5.74, 6) is -0.487. The SMILES string of the molecule is Cc1ccccc1NS(=O)(=O)c1ccc(Cl)c(C(=O)Nc2ccccc2)c1. The first-order chi connectivity index (χ1) is 12.9. The van der Waals surface area contributed by atoms with Gasteiger partial charge in [0.25, 0.3) is 15.9 Å². The van der Waals surface area contributed by atoms with Gasteiger partial charge in [0.1, 0.15) is 0 Å². The van der Waals surface area contributed by atoms with Crippen LogP contribution in [0.3, 0.4) is 0 Å². The van der Waals surface area contributed by atoms with E-state index in [1.807, 2.05) is 12.1 Å². The zero-order valence-corrected chi connectivity index (χ0v) is 16.0. The second-order valence-corrected chi connectivity index (χ2v) is 7.97. The number of halogens is 1. The number of sulfonamides is 1. The Bertz CT molecular complexity index is 1080. The first-order valence-electron chi connectivity index (χ1n) is 8.11. The zero-order valence-electron chi connectivity index (χ0n) is 14.4. The number of hydrogen-bond donors (Lipinski definition) is 2. The van der Waals surface area contributed by atoms with E-state index in [-0.39, 0.29) is 15.5 Å². The molecule has 0 radical (unpaired) electrons. The minimum Gasteiger partial charge on any atom is -0.322 e. The van der Waals surface area contributed by atoms with Gasteiger partial charge in [0, 0.05) is 5.69 Å². The number of carbonyl (C=O) groups is 1. The van der Waals surface area contributed by atoms with Crippen molar-refractivity contribution < 1.29 is 13.2 Å². The molecule has 138 valence electrons. The summed E-state index contributed by atoms with van der Waals surface area (Å²) >= 11 is 6.12. The summed E-state index contributed by atoms with van der Waals surface area (Å²) in [5, 5.41) is 2.86. The van der Waals surface area contributed by atoms with Crippen LogP contribution in [0.4, 0.5) is 11.4 Å². The maximum atomic E-state index is 12.7. The fourth-order valence-corrected chi connectivity index (χ4v) is 3.82. The molecule has 3 rings (SSSR count). The fourth-order valence-electron chi connectivity index (χ4n) is 2.46. The van der Waals surface area contributed by atoms with Gasteiger partial charge in [-0.2, -0.15) is 0 Å². The number of rotatable bonds is 5. The molecule has 3 aromatic carbocycles. The van der Waals surface area contributed by atoms with Gasteiger partial charge in [-0.25, -0.2) is 8.42 Å². The number of carbonyl (C=O) groups excluding carboxylic acids is 1. The van der Waals surface area contributed by atoms with Crippen LogP contribution in [0.15, 0.2) is 77.7 Å². The third-order valence-electron chi connectivity index (χ3n) is 3.91. The van der Waals surface area contributed by atoms with Gasteiger partial charge < -0.3 is 5.32 Å². The smallest absolute Gasteiger partial charge is 0.261 e. The van der Waals surface area contributed by atoms with Crippen molar-refractivity contribution in [3.8, 4) is 0 Å². The monoisotopic (exact) mass is 400 g/mol. The Kier molecular flexibility index (Phi) is 5.48. The molecule has 5 nitrogen and oxygen atoms in total. The predicted octanol–water partition coefficient (Wildman–Crippen LogP) is 4.70. The highest BCUT2D eigenvalue weighted by molar-refractivity contribution is 7.92. The van der Waals surface area contributed by atoms with Gasteiger partial charge in [0.2, 0.25) is 0 Å². The van der Waals surface area contributed by atoms with E-state index in [4.69, 9.17) is 11.6 Å². The van der Waals surface area contributed by atoms with Crippen molar-refractivity contribution in [2.45, 2.75) is 11.8 Å². The third kappa shape index (κ3) is 4.48. The number of para-hydroxylation sites is 2. The molecule has 0 aromatic heterocycles. The lowest BCUT2D eigenvalue weighted by Gasteiger charge is -2.12. The lowest BCUT2D eigenvalue weighted by Crippen LogP contribution is -2.16. The number of nitrogens with one attached hydrogen (secondary N) is 2. The summed E-state index contributed by atoms with van der Waals surface area (Å²) in [6.07, 6.45) is 0. The van der Waals surface area contributed by atoms with Crippen LogP contribution in [-0.2, 0) is 10.0 Å². The molecular weight excluding hydrogens is 384 g/mol. The standard InChI is InChI=1S/C20H17ClN2O3S/c1-14-7-5-6-10-19(14)23-27(25,26)16-11-12-18(21)17(13-16)20(24)22-15-8-3-2-4-9-15/h2-13,23H,1H3,(H,22,24). The highest BCUT2D eigenvalue weighted by atomic mass is 35.5. The van der Waals surface area contributed by atoms with Crippen molar-refractivity contribution in [2.24, 2.45) is 0 Å². The molecule has 0 fully saturated rings. The summed E-state index contributed by atoms with van der Waals surface area (Å²) in [6, 6.07) is 19.9. The van der Waals surface area contributed by atoms with Crippen molar-refractivity contribution in [3.63, 3.8) is 0 Å². The van der Waals surface area contributed by atoms with E-state index in [2.05, 4.69) is 10.0 Å². The summed E-state index contributed by atoms with van der Waals surface area (Å²) < 4.78 is 28.0. The van der Waals surface area contributed by atoms with Gasteiger partial charge in [-0.05, 0) is 48.9 Å². The van der Waals surface area contributed by atoms with Crippen LogP contribution in [-0.4, -0.2) is 14.3 Å². The fraction of sp³-hybridized carbons (Fsp3) is 0.0500. The summed E-state index contributed by atoms with van der Waals surface area (Å²) in [7, 11) is -3.87. The van der Waals surface area contributed by atoms with Gasteiger partial charge in [-0.3, -0.25) is 9.52 Å². The van der Waals surface area contributed by atoms with Crippen molar-refractivity contribution in [1.82, 2.24) is 0 Å². The summed E-state index contributed by atoms with van der Waals surface area (Å²) in [4.78, 5) is 12.5. The molecule has 0 saturated heterocycles. The van der Waals surface area contributed by atoms with Crippen molar-refractivity contribution >= 4 is 38.9 Å². The zero-order chi connectivity index (χ0) is 19.4. The average molecular weight is 401 g/mol. The van der Waals surface area contributed by atoms with Crippen LogP contribution in [0.25, 0.3) is 0 Å². The highest BCUT2D eigenvalue weighted by Gasteiger charge is 2.19. The van der Waals surface area contributed by atoms with Gasteiger partial charge in [-0.15, -0.1) is 0 Å². The molecule has 2 N–H and O–H groups in total. The van der Waals surface area contributed by atoms with Gasteiger partial charge in [0.15, 0.2) is 0 Å². The summed E-state index contributed by atoms with van der Waals surface area (Å²) in [5.41, 5.74) is 1.93. The van der Waals surface area contributed by atoms with Crippen LogP contribution < -0.4 is 10.0 Å². The van der Waals surface area contributed by atoms with Gasteiger partial charge in [0.05, 0.1) is 21.2 Å². The number of hydrogen-bond acceptors (Lipinski definition) is 3. The third-order valence-corrected chi connectivity index (χ3v) is 5.61. The largest absolute Gasteiger partial charge is 0.322 e. The second-order valence-electron chi connectivity index (χ2n) is 5.88. The van der Waals surface area contributed by atoms with Crippen molar-refractivity contribution in [2.75, 3.05) is 10.0 Å². The predicted molar refractivity (Wildman–Crippen MR) is 108 cm³/mol. The molecule has 0 atom stereocenters.